The summed E-state index contributed by atoms with van der Waals surface area (Å²) in [5, 5.41) is 3.24. The lowest BCUT2D eigenvalue weighted by Gasteiger charge is -2.34. The SMILES string of the molecule is CCC(C)(C)NCC(=O)N1CCN(S(=O)(=O)c2ccc(Cl)s2)CC1. The van der Waals surface area contributed by atoms with Crippen LogP contribution >= 0.6 is 22.9 Å². The largest absolute Gasteiger partial charge is 0.339 e. The third-order valence-electron chi connectivity index (χ3n) is 4.34. The van der Waals surface area contributed by atoms with E-state index in [1.165, 1.54) is 10.4 Å². The van der Waals surface area contributed by atoms with Gasteiger partial charge in [-0.15, -0.1) is 11.3 Å². The highest BCUT2D eigenvalue weighted by atomic mass is 35.5. The summed E-state index contributed by atoms with van der Waals surface area (Å²) in [5.74, 6) is 0.00717. The monoisotopic (exact) mass is 393 g/mol. The molecule has 0 bridgehead atoms. The summed E-state index contributed by atoms with van der Waals surface area (Å²) in [4.78, 5) is 14.0. The van der Waals surface area contributed by atoms with Gasteiger partial charge in [-0.1, -0.05) is 18.5 Å². The summed E-state index contributed by atoms with van der Waals surface area (Å²) < 4.78 is 27.2. The molecule has 9 heteroatoms. The number of thiophene rings is 1. The molecule has 0 radical (unpaired) electrons. The predicted molar refractivity (Wildman–Crippen MR) is 97.0 cm³/mol. The zero-order chi connectivity index (χ0) is 18.0. The predicted octanol–water partition coefficient (Wildman–Crippen LogP) is 2.01. The molecule has 1 aliphatic heterocycles. The number of nitrogens with zero attached hydrogens (tertiary/aromatic N) is 2. The molecule has 0 aromatic carbocycles. The van der Waals surface area contributed by atoms with E-state index in [2.05, 4.69) is 26.1 Å². The van der Waals surface area contributed by atoms with E-state index in [0.717, 1.165) is 17.8 Å². The normalized spacial score (nSPS) is 17.2. The van der Waals surface area contributed by atoms with Crippen LogP contribution in [0.25, 0.3) is 0 Å². The molecule has 6 nitrogen and oxygen atoms in total. The van der Waals surface area contributed by atoms with Gasteiger partial charge in [-0.05, 0) is 32.4 Å². The Morgan fingerprint density at radius 2 is 1.92 bits per heavy atom. The molecule has 0 saturated carbocycles. The molecule has 0 atom stereocenters. The van der Waals surface area contributed by atoms with Crippen LogP contribution < -0.4 is 5.32 Å². The number of hydrogen-bond donors (Lipinski definition) is 1. The Kier molecular flexibility index (Phi) is 6.30. The van der Waals surface area contributed by atoms with Crippen molar-refractivity contribution in [2.75, 3.05) is 32.7 Å². The van der Waals surface area contributed by atoms with Gasteiger partial charge in [0.1, 0.15) is 4.21 Å². The van der Waals surface area contributed by atoms with Crippen molar-refractivity contribution in [2.24, 2.45) is 0 Å². The van der Waals surface area contributed by atoms with E-state index in [1.807, 2.05) is 0 Å². The Hall–Kier alpha value is -0.670. The van der Waals surface area contributed by atoms with Gasteiger partial charge in [0, 0.05) is 31.7 Å². The van der Waals surface area contributed by atoms with Crippen LogP contribution in [0.5, 0.6) is 0 Å². The van der Waals surface area contributed by atoms with Gasteiger partial charge in [0.2, 0.25) is 5.91 Å². The maximum Gasteiger partial charge on any atom is 0.252 e. The Labute approximate surface area is 152 Å². The minimum atomic E-state index is -3.52. The van der Waals surface area contributed by atoms with Crippen molar-refractivity contribution in [2.45, 2.75) is 36.9 Å². The van der Waals surface area contributed by atoms with Crippen LogP contribution in [0.15, 0.2) is 16.3 Å². The number of carbonyl (C=O) groups excluding carboxylic acids is 1. The highest BCUT2D eigenvalue weighted by Gasteiger charge is 2.31. The van der Waals surface area contributed by atoms with Crippen LogP contribution in [0.1, 0.15) is 27.2 Å². The van der Waals surface area contributed by atoms with E-state index >= 15 is 0 Å². The van der Waals surface area contributed by atoms with Crippen LogP contribution in [-0.2, 0) is 14.8 Å². The standard InChI is InChI=1S/C15H24ClN3O3S2/c1-4-15(2,3)17-11-13(20)18-7-9-19(10-8-18)24(21,22)14-6-5-12(16)23-14/h5-6,17H,4,7-11H2,1-3H3. The number of carbonyl (C=O) groups is 1. The molecule has 1 aliphatic rings. The molecule has 0 unspecified atom stereocenters. The first kappa shape index (κ1) is 19.7. The van der Waals surface area contributed by atoms with Gasteiger partial charge in [0.25, 0.3) is 10.0 Å². The first-order valence-electron chi connectivity index (χ1n) is 7.94. The quantitative estimate of drug-likeness (QED) is 0.802. The van der Waals surface area contributed by atoms with E-state index in [0.29, 0.717) is 30.5 Å². The molecular weight excluding hydrogens is 370 g/mol. The molecule has 1 N–H and O–H groups in total. The van der Waals surface area contributed by atoms with E-state index in [4.69, 9.17) is 11.6 Å². The van der Waals surface area contributed by atoms with Crippen molar-refractivity contribution in [3.8, 4) is 0 Å². The maximum absolute atomic E-state index is 12.5. The van der Waals surface area contributed by atoms with Crippen LogP contribution in [0.4, 0.5) is 0 Å². The second kappa shape index (κ2) is 7.70. The molecule has 1 aromatic rings. The lowest BCUT2D eigenvalue weighted by molar-refractivity contribution is -0.131. The zero-order valence-electron chi connectivity index (χ0n) is 14.2. The van der Waals surface area contributed by atoms with E-state index in [-0.39, 0.29) is 22.2 Å². The molecule has 1 saturated heterocycles. The number of amides is 1. The van der Waals surface area contributed by atoms with Crippen molar-refractivity contribution in [3.63, 3.8) is 0 Å². The van der Waals surface area contributed by atoms with Gasteiger partial charge in [0.15, 0.2) is 0 Å². The minimum absolute atomic E-state index is 0.00717. The van der Waals surface area contributed by atoms with E-state index in [9.17, 15) is 13.2 Å². The number of halogens is 1. The maximum atomic E-state index is 12.5. The Morgan fingerprint density at radius 1 is 1.29 bits per heavy atom. The van der Waals surface area contributed by atoms with Crippen LogP contribution in [-0.4, -0.2) is 61.8 Å². The van der Waals surface area contributed by atoms with Crippen LogP contribution in [0.2, 0.25) is 4.34 Å². The summed E-state index contributed by atoms with van der Waals surface area (Å²) >= 11 is 6.88. The van der Waals surface area contributed by atoms with Crippen molar-refractivity contribution >= 4 is 38.9 Å². The van der Waals surface area contributed by atoms with Crippen molar-refractivity contribution in [3.05, 3.63) is 16.5 Å². The van der Waals surface area contributed by atoms with Gasteiger partial charge >= 0.3 is 0 Å². The first-order valence-corrected chi connectivity index (χ1v) is 10.6. The molecule has 2 heterocycles. The Bertz CT molecular complexity index is 680. The third kappa shape index (κ3) is 4.70. The van der Waals surface area contributed by atoms with Crippen molar-refractivity contribution in [1.29, 1.82) is 0 Å². The fourth-order valence-electron chi connectivity index (χ4n) is 2.29. The highest BCUT2D eigenvalue weighted by Crippen LogP contribution is 2.28. The van der Waals surface area contributed by atoms with Crippen molar-refractivity contribution in [1.82, 2.24) is 14.5 Å². The summed E-state index contributed by atoms with van der Waals surface area (Å²) in [6.45, 7) is 7.87. The van der Waals surface area contributed by atoms with E-state index < -0.39 is 10.0 Å². The van der Waals surface area contributed by atoms with Crippen LogP contribution in [0, 0.1) is 0 Å². The fourth-order valence-corrected chi connectivity index (χ4v) is 5.35. The summed E-state index contributed by atoms with van der Waals surface area (Å²) in [7, 11) is -3.52. The molecule has 136 valence electrons. The van der Waals surface area contributed by atoms with Crippen LogP contribution in [0.3, 0.4) is 0 Å². The molecule has 1 amide bonds. The average molecular weight is 394 g/mol. The zero-order valence-corrected chi connectivity index (χ0v) is 16.6. The highest BCUT2D eigenvalue weighted by molar-refractivity contribution is 7.91. The molecule has 1 fully saturated rings. The lowest BCUT2D eigenvalue weighted by atomic mass is 10.0. The van der Waals surface area contributed by atoms with Gasteiger partial charge in [-0.3, -0.25) is 4.79 Å². The van der Waals surface area contributed by atoms with Gasteiger partial charge in [-0.25, -0.2) is 8.42 Å². The Morgan fingerprint density at radius 3 is 2.42 bits per heavy atom. The van der Waals surface area contributed by atoms with Crippen molar-refractivity contribution < 1.29 is 13.2 Å². The van der Waals surface area contributed by atoms with Gasteiger partial charge < -0.3 is 10.2 Å². The molecule has 24 heavy (non-hydrogen) atoms. The second-order valence-corrected chi connectivity index (χ2v) is 10.3. The fraction of sp³-hybridized carbons (Fsp3) is 0.667. The molecule has 2 rings (SSSR count). The van der Waals surface area contributed by atoms with Gasteiger partial charge in [-0.2, -0.15) is 4.31 Å². The topological polar surface area (TPSA) is 69.7 Å². The number of rotatable bonds is 6. The Balaban J connectivity index is 1.90. The third-order valence-corrected chi connectivity index (χ3v) is 7.93. The smallest absolute Gasteiger partial charge is 0.252 e. The average Bonchev–Trinajstić information content (AvgIpc) is 3.00. The lowest BCUT2D eigenvalue weighted by Crippen LogP contribution is -2.53. The number of sulfonamides is 1. The number of hydrogen-bond acceptors (Lipinski definition) is 5. The summed E-state index contributed by atoms with van der Waals surface area (Å²) in [6, 6.07) is 3.11. The van der Waals surface area contributed by atoms with Gasteiger partial charge in [0.05, 0.1) is 10.9 Å². The summed E-state index contributed by atoms with van der Waals surface area (Å²) in [6.07, 6.45) is 0.926. The molecular formula is C15H24ClN3O3S2. The molecule has 0 aliphatic carbocycles. The minimum Gasteiger partial charge on any atom is -0.339 e. The number of piperazine rings is 1. The summed E-state index contributed by atoms with van der Waals surface area (Å²) in [5.41, 5.74) is -0.0841. The molecule has 0 spiro atoms. The first-order chi connectivity index (χ1) is 11.2. The number of nitrogens with one attached hydrogen (secondary N) is 1. The van der Waals surface area contributed by atoms with E-state index in [1.54, 1.807) is 11.0 Å². The molecule has 1 aromatic heterocycles. The second-order valence-electron chi connectivity index (χ2n) is 6.43.